The molecule has 1 N–H and O–H groups in total. The molecule has 1 heterocycles. The summed E-state index contributed by atoms with van der Waals surface area (Å²) in [6, 6.07) is 3.00. The van der Waals surface area contributed by atoms with Crippen LogP contribution in [0.2, 0.25) is 0 Å². The summed E-state index contributed by atoms with van der Waals surface area (Å²) in [5, 5.41) is 9.76. The molecule has 1 aromatic rings. The predicted octanol–water partition coefficient (Wildman–Crippen LogP) is 3.92. The summed E-state index contributed by atoms with van der Waals surface area (Å²) in [7, 11) is 1.48. The number of benzene rings is 1. The maximum atomic E-state index is 12.4. The van der Waals surface area contributed by atoms with Crippen LogP contribution in [0.15, 0.2) is 18.2 Å². The van der Waals surface area contributed by atoms with Gasteiger partial charge >= 0.3 is 5.97 Å². The van der Waals surface area contributed by atoms with E-state index in [1.165, 1.54) is 13.2 Å². The van der Waals surface area contributed by atoms with Gasteiger partial charge in [0.2, 0.25) is 0 Å². The molecule has 0 aromatic heterocycles. The largest absolute Gasteiger partial charge is 0.508 e. The lowest BCUT2D eigenvalue weighted by Crippen LogP contribution is -2.17. The average Bonchev–Trinajstić information content (AvgIpc) is 2.44. The van der Waals surface area contributed by atoms with Crippen LogP contribution in [0.5, 0.6) is 11.5 Å². The second-order valence-electron chi connectivity index (χ2n) is 5.37. The number of fused-ring (bicyclic) bond motifs is 1. The van der Waals surface area contributed by atoms with E-state index in [0.717, 1.165) is 32.1 Å². The smallest absolute Gasteiger partial charge is 0.342 e. The van der Waals surface area contributed by atoms with Crippen LogP contribution in [-0.4, -0.2) is 24.3 Å². The number of allylic oxidation sites excluding steroid dienone is 1. The van der Waals surface area contributed by atoms with Gasteiger partial charge in [-0.1, -0.05) is 18.6 Å². The second-order valence-corrected chi connectivity index (χ2v) is 5.37. The Hall–Kier alpha value is -1.97. The summed E-state index contributed by atoms with van der Waals surface area (Å²) in [6.07, 6.45) is 8.88. The van der Waals surface area contributed by atoms with Gasteiger partial charge in [0.25, 0.3) is 0 Å². The summed E-state index contributed by atoms with van der Waals surface area (Å²) in [5.41, 5.74) is 1.00. The number of ether oxygens (including phenoxy) is 2. The molecule has 21 heavy (non-hydrogen) atoms. The lowest BCUT2D eigenvalue weighted by molar-refractivity contribution is 0.0315. The van der Waals surface area contributed by atoms with Crippen molar-refractivity contribution >= 4 is 12.0 Å². The fourth-order valence-electron chi connectivity index (χ4n) is 2.51. The molecule has 0 saturated carbocycles. The summed E-state index contributed by atoms with van der Waals surface area (Å²) in [6.45, 7) is 1.91. The first kappa shape index (κ1) is 15.4. The molecule has 4 heteroatoms. The van der Waals surface area contributed by atoms with E-state index in [-0.39, 0.29) is 11.9 Å². The standard InChI is InChI=1S/C17H22O4/c1-12-8-6-4-3-5-7-9-13-10-14(18)11-15(20-2)16(13)17(19)21-12/h7,9-12,18H,3-6,8H2,1-2H3/b9-7-/t12-/m0/s1. The number of rotatable bonds is 1. The lowest BCUT2D eigenvalue weighted by atomic mass is 10.0. The van der Waals surface area contributed by atoms with Crippen molar-refractivity contribution in [3.63, 3.8) is 0 Å². The van der Waals surface area contributed by atoms with E-state index >= 15 is 0 Å². The van der Waals surface area contributed by atoms with E-state index < -0.39 is 5.97 Å². The highest BCUT2D eigenvalue weighted by molar-refractivity contribution is 5.97. The van der Waals surface area contributed by atoms with Gasteiger partial charge in [-0.05, 0) is 44.2 Å². The number of phenols is 1. The summed E-state index contributed by atoms with van der Waals surface area (Å²) in [5.74, 6) is 0.00618. The first-order valence-corrected chi connectivity index (χ1v) is 7.40. The Kier molecular flexibility index (Phi) is 5.26. The van der Waals surface area contributed by atoms with Gasteiger partial charge in [0, 0.05) is 6.07 Å². The van der Waals surface area contributed by atoms with Crippen LogP contribution in [0.4, 0.5) is 0 Å². The Morgan fingerprint density at radius 2 is 2.10 bits per heavy atom. The zero-order valence-corrected chi connectivity index (χ0v) is 12.6. The fraction of sp³-hybridized carbons (Fsp3) is 0.471. The van der Waals surface area contributed by atoms with Crippen molar-refractivity contribution in [1.82, 2.24) is 0 Å². The SMILES string of the molecule is COc1cc(O)cc2c1C(=O)O[C@@H](C)CCCCC/C=C\2. The highest BCUT2D eigenvalue weighted by atomic mass is 16.5. The van der Waals surface area contributed by atoms with Gasteiger partial charge in [-0.3, -0.25) is 0 Å². The van der Waals surface area contributed by atoms with E-state index in [0.29, 0.717) is 16.9 Å². The van der Waals surface area contributed by atoms with Crippen molar-refractivity contribution < 1.29 is 19.4 Å². The zero-order valence-electron chi connectivity index (χ0n) is 12.6. The molecule has 0 saturated heterocycles. The molecule has 1 aliphatic heterocycles. The highest BCUT2D eigenvalue weighted by Crippen LogP contribution is 2.30. The quantitative estimate of drug-likeness (QED) is 0.796. The van der Waals surface area contributed by atoms with Crippen LogP contribution in [0.25, 0.3) is 6.08 Å². The van der Waals surface area contributed by atoms with E-state index in [2.05, 4.69) is 0 Å². The van der Waals surface area contributed by atoms with Gasteiger partial charge in [-0.25, -0.2) is 4.79 Å². The molecule has 0 aliphatic carbocycles. The van der Waals surface area contributed by atoms with Crippen LogP contribution in [0, 0.1) is 0 Å². The molecule has 1 aliphatic rings. The number of cyclic esters (lactones) is 1. The molecule has 0 spiro atoms. The lowest BCUT2D eigenvalue weighted by Gasteiger charge is -2.17. The average molecular weight is 290 g/mol. The van der Waals surface area contributed by atoms with Crippen LogP contribution < -0.4 is 4.74 Å². The Morgan fingerprint density at radius 1 is 1.29 bits per heavy atom. The molecular weight excluding hydrogens is 268 g/mol. The minimum Gasteiger partial charge on any atom is -0.508 e. The summed E-state index contributed by atoms with van der Waals surface area (Å²) < 4.78 is 10.7. The van der Waals surface area contributed by atoms with Crippen molar-refractivity contribution in [2.45, 2.75) is 45.1 Å². The first-order chi connectivity index (χ1) is 10.1. The second kappa shape index (κ2) is 7.16. The van der Waals surface area contributed by atoms with Gasteiger partial charge in [-0.2, -0.15) is 0 Å². The van der Waals surface area contributed by atoms with Gasteiger partial charge in [-0.15, -0.1) is 0 Å². The zero-order chi connectivity index (χ0) is 15.2. The molecule has 1 aromatic carbocycles. The molecule has 1 atom stereocenters. The molecule has 114 valence electrons. The van der Waals surface area contributed by atoms with Crippen molar-refractivity contribution in [2.24, 2.45) is 0 Å². The van der Waals surface area contributed by atoms with Gasteiger partial charge < -0.3 is 14.6 Å². The normalized spacial score (nSPS) is 21.4. The third-order valence-electron chi connectivity index (χ3n) is 3.63. The van der Waals surface area contributed by atoms with E-state index in [9.17, 15) is 9.90 Å². The number of hydrogen-bond acceptors (Lipinski definition) is 4. The molecule has 0 unspecified atom stereocenters. The minimum atomic E-state index is -0.403. The molecule has 0 bridgehead atoms. The molecule has 4 nitrogen and oxygen atoms in total. The van der Waals surface area contributed by atoms with E-state index in [4.69, 9.17) is 9.47 Å². The monoisotopic (exact) mass is 290 g/mol. The number of phenolic OH excluding ortho intramolecular Hbond substituents is 1. The number of methoxy groups -OCH3 is 1. The van der Waals surface area contributed by atoms with Crippen LogP contribution >= 0.6 is 0 Å². The van der Waals surface area contributed by atoms with Gasteiger partial charge in [0.15, 0.2) is 0 Å². The summed E-state index contributed by atoms with van der Waals surface area (Å²) in [4.78, 5) is 12.4. The van der Waals surface area contributed by atoms with Crippen molar-refractivity contribution in [2.75, 3.05) is 7.11 Å². The molecule has 2 rings (SSSR count). The first-order valence-electron chi connectivity index (χ1n) is 7.40. The number of hydrogen-bond donors (Lipinski definition) is 1. The number of carbonyl (C=O) groups excluding carboxylic acids is 1. The Labute approximate surface area is 125 Å². The Morgan fingerprint density at radius 3 is 2.86 bits per heavy atom. The van der Waals surface area contributed by atoms with Crippen LogP contribution in [0.3, 0.4) is 0 Å². The van der Waals surface area contributed by atoms with Gasteiger partial charge in [0.1, 0.15) is 17.1 Å². The van der Waals surface area contributed by atoms with Crippen LogP contribution in [-0.2, 0) is 4.74 Å². The predicted molar refractivity (Wildman–Crippen MR) is 81.7 cm³/mol. The van der Waals surface area contributed by atoms with E-state index in [1.54, 1.807) is 6.07 Å². The van der Waals surface area contributed by atoms with Crippen LogP contribution in [0.1, 0.15) is 54.9 Å². The topological polar surface area (TPSA) is 55.8 Å². The molecule has 0 amide bonds. The highest BCUT2D eigenvalue weighted by Gasteiger charge is 2.21. The number of aromatic hydroxyl groups is 1. The number of esters is 1. The number of carbonyl (C=O) groups is 1. The Balaban J connectivity index is 2.44. The maximum Gasteiger partial charge on any atom is 0.342 e. The van der Waals surface area contributed by atoms with Gasteiger partial charge in [0.05, 0.1) is 13.2 Å². The van der Waals surface area contributed by atoms with E-state index in [1.807, 2.05) is 19.1 Å². The molecular formula is C17H22O4. The van der Waals surface area contributed by atoms with Crippen molar-refractivity contribution in [3.8, 4) is 11.5 Å². The van der Waals surface area contributed by atoms with Crippen molar-refractivity contribution in [1.29, 1.82) is 0 Å². The Bertz CT molecular complexity index is 534. The fourth-order valence-corrected chi connectivity index (χ4v) is 2.51. The van der Waals surface area contributed by atoms with Crippen molar-refractivity contribution in [3.05, 3.63) is 29.3 Å². The molecule has 0 fully saturated rings. The third-order valence-corrected chi connectivity index (χ3v) is 3.63. The minimum absolute atomic E-state index is 0.0724. The summed E-state index contributed by atoms with van der Waals surface area (Å²) >= 11 is 0. The third kappa shape index (κ3) is 4.00. The molecule has 0 radical (unpaired) electrons. The maximum absolute atomic E-state index is 12.4.